The van der Waals surface area contributed by atoms with Crippen LogP contribution >= 0.6 is 15.9 Å². The molecule has 0 aromatic heterocycles. The van der Waals surface area contributed by atoms with Gasteiger partial charge in [0.2, 0.25) is 0 Å². The molecule has 0 radical (unpaired) electrons. The zero-order valence-electron chi connectivity index (χ0n) is 10.1. The van der Waals surface area contributed by atoms with E-state index in [4.69, 9.17) is 0 Å². The normalized spacial score (nSPS) is 10.3. The topological polar surface area (TPSA) is 49.3 Å². The summed E-state index contributed by atoms with van der Waals surface area (Å²) in [5.74, 6) is -0.998. The summed E-state index contributed by atoms with van der Waals surface area (Å²) in [5, 5.41) is 12.0. The number of phenolic OH excluding ortho intramolecular Hbond substituents is 1. The highest BCUT2D eigenvalue weighted by atomic mass is 79.9. The Hall–Kier alpha value is -1.88. The van der Waals surface area contributed by atoms with Crippen molar-refractivity contribution in [2.45, 2.75) is 6.92 Å². The third-order valence-corrected chi connectivity index (χ3v) is 3.31. The highest BCUT2D eigenvalue weighted by Crippen LogP contribution is 2.23. The number of aryl methyl sites for hydroxylation is 1. The number of phenols is 1. The number of amides is 1. The second-order valence-corrected chi connectivity index (χ2v) is 4.91. The lowest BCUT2D eigenvalue weighted by Gasteiger charge is -2.09. The third kappa shape index (κ3) is 2.93. The Balaban J connectivity index is 2.28. The smallest absolute Gasteiger partial charge is 0.259 e. The molecule has 0 aliphatic rings. The minimum atomic E-state index is -0.595. The molecule has 0 saturated carbocycles. The van der Waals surface area contributed by atoms with Crippen LogP contribution < -0.4 is 5.32 Å². The first kappa shape index (κ1) is 13.5. The first-order valence-electron chi connectivity index (χ1n) is 5.54. The molecule has 2 N–H and O–H groups in total. The number of hydrogen-bond acceptors (Lipinski definition) is 2. The van der Waals surface area contributed by atoms with Gasteiger partial charge >= 0.3 is 0 Å². The van der Waals surface area contributed by atoms with E-state index in [1.807, 2.05) is 0 Å². The SMILES string of the molecule is Cc1cc(NC(=O)c2c(F)cccc2Br)ccc1O. The molecule has 0 spiro atoms. The average Bonchev–Trinajstić information content (AvgIpc) is 2.33. The molecule has 0 fully saturated rings. The zero-order chi connectivity index (χ0) is 14.0. The molecular weight excluding hydrogens is 313 g/mol. The standard InChI is InChI=1S/C14H11BrFNO2/c1-8-7-9(5-6-12(8)18)17-14(19)13-10(15)3-2-4-11(13)16/h2-7,18H,1H3,(H,17,19). The Morgan fingerprint density at radius 1 is 1.32 bits per heavy atom. The number of anilines is 1. The summed E-state index contributed by atoms with van der Waals surface area (Å²) in [4.78, 5) is 12.0. The molecule has 19 heavy (non-hydrogen) atoms. The number of benzene rings is 2. The van der Waals surface area contributed by atoms with Crippen LogP contribution in [0.5, 0.6) is 5.75 Å². The fraction of sp³-hybridized carbons (Fsp3) is 0.0714. The van der Waals surface area contributed by atoms with E-state index in [0.717, 1.165) is 0 Å². The first-order chi connectivity index (χ1) is 8.99. The number of nitrogens with one attached hydrogen (secondary N) is 1. The van der Waals surface area contributed by atoms with Gasteiger partial charge in [-0.25, -0.2) is 4.39 Å². The van der Waals surface area contributed by atoms with Gasteiger partial charge in [0.25, 0.3) is 5.91 Å². The predicted molar refractivity (Wildman–Crippen MR) is 74.9 cm³/mol. The molecule has 0 saturated heterocycles. The van der Waals surface area contributed by atoms with E-state index in [0.29, 0.717) is 15.7 Å². The molecule has 0 heterocycles. The van der Waals surface area contributed by atoms with E-state index in [2.05, 4.69) is 21.2 Å². The van der Waals surface area contributed by atoms with Crippen molar-refractivity contribution >= 4 is 27.5 Å². The van der Waals surface area contributed by atoms with Gasteiger partial charge in [-0.3, -0.25) is 4.79 Å². The average molecular weight is 324 g/mol. The van der Waals surface area contributed by atoms with E-state index >= 15 is 0 Å². The quantitative estimate of drug-likeness (QED) is 0.824. The fourth-order valence-electron chi connectivity index (χ4n) is 1.64. The number of hydrogen-bond donors (Lipinski definition) is 2. The minimum Gasteiger partial charge on any atom is -0.508 e. The molecule has 5 heteroatoms. The summed E-state index contributed by atoms with van der Waals surface area (Å²) in [7, 11) is 0. The van der Waals surface area contributed by atoms with Crippen molar-refractivity contribution in [2.24, 2.45) is 0 Å². The second kappa shape index (κ2) is 5.40. The summed E-state index contributed by atoms with van der Waals surface area (Å²) < 4.78 is 14.0. The Bertz CT molecular complexity index is 623. The van der Waals surface area contributed by atoms with Gasteiger partial charge in [0.05, 0.1) is 5.56 Å². The van der Waals surface area contributed by atoms with Crippen LogP contribution in [-0.4, -0.2) is 11.0 Å². The Morgan fingerprint density at radius 2 is 2.05 bits per heavy atom. The van der Waals surface area contributed by atoms with Gasteiger partial charge in [0.15, 0.2) is 0 Å². The zero-order valence-corrected chi connectivity index (χ0v) is 11.7. The van der Waals surface area contributed by atoms with Crippen molar-refractivity contribution in [3.63, 3.8) is 0 Å². The lowest BCUT2D eigenvalue weighted by molar-refractivity contribution is 0.102. The van der Waals surface area contributed by atoms with Gasteiger partial charge in [-0.15, -0.1) is 0 Å². The molecule has 0 bridgehead atoms. The van der Waals surface area contributed by atoms with Crippen LogP contribution in [0.25, 0.3) is 0 Å². The molecule has 2 rings (SSSR count). The Kier molecular flexibility index (Phi) is 3.85. The molecule has 0 atom stereocenters. The summed E-state index contributed by atoms with van der Waals surface area (Å²) in [6, 6.07) is 8.97. The Labute approximate surface area is 118 Å². The summed E-state index contributed by atoms with van der Waals surface area (Å²) >= 11 is 3.15. The van der Waals surface area contributed by atoms with Crippen molar-refractivity contribution in [3.05, 3.63) is 57.8 Å². The van der Waals surface area contributed by atoms with Crippen LogP contribution in [0.4, 0.5) is 10.1 Å². The minimum absolute atomic E-state index is 0.0479. The molecule has 2 aromatic rings. The van der Waals surface area contributed by atoms with Gasteiger partial charge in [-0.1, -0.05) is 6.07 Å². The van der Waals surface area contributed by atoms with Gasteiger partial charge in [0.1, 0.15) is 11.6 Å². The molecule has 0 aliphatic heterocycles. The van der Waals surface area contributed by atoms with Gasteiger partial charge in [-0.05, 0) is 58.7 Å². The van der Waals surface area contributed by atoms with Crippen LogP contribution in [0.2, 0.25) is 0 Å². The first-order valence-corrected chi connectivity index (χ1v) is 6.33. The molecule has 1 amide bonds. The largest absolute Gasteiger partial charge is 0.508 e. The summed E-state index contributed by atoms with van der Waals surface area (Å²) in [6.45, 7) is 1.71. The molecule has 3 nitrogen and oxygen atoms in total. The summed E-state index contributed by atoms with van der Waals surface area (Å²) in [6.07, 6.45) is 0. The van der Waals surface area contributed by atoms with Gasteiger partial charge in [0, 0.05) is 10.2 Å². The van der Waals surface area contributed by atoms with E-state index < -0.39 is 11.7 Å². The molecule has 2 aromatic carbocycles. The monoisotopic (exact) mass is 323 g/mol. The Morgan fingerprint density at radius 3 is 2.68 bits per heavy atom. The predicted octanol–water partition coefficient (Wildman–Crippen LogP) is 3.85. The van der Waals surface area contributed by atoms with Crippen LogP contribution in [0.15, 0.2) is 40.9 Å². The van der Waals surface area contributed by atoms with E-state index in [9.17, 15) is 14.3 Å². The van der Waals surface area contributed by atoms with E-state index in [1.165, 1.54) is 18.2 Å². The van der Waals surface area contributed by atoms with Crippen LogP contribution in [0.1, 0.15) is 15.9 Å². The van der Waals surface area contributed by atoms with Crippen molar-refractivity contribution in [1.29, 1.82) is 0 Å². The fourth-order valence-corrected chi connectivity index (χ4v) is 2.16. The van der Waals surface area contributed by atoms with Gasteiger partial charge < -0.3 is 10.4 Å². The second-order valence-electron chi connectivity index (χ2n) is 4.05. The lowest BCUT2D eigenvalue weighted by atomic mass is 10.1. The van der Waals surface area contributed by atoms with Gasteiger partial charge in [-0.2, -0.15) is 0 Å². The lowest BCUT2D eigenvalue weighted by Crippen LogP contribution is -2.14. The molecule has 0 aliphatic carbocycles. The van der Waals surface area contributed by atoms with Crippen LogP contribution in [0, 0.1) is 12.7 Å². The number of carbonyl (C=O) groups is 1. The number of carbonyl (C=O) groups excluding carboxylic acids is 1. The van der Waals surface area contributed by atoms with Crippen molar-refractivity contribution in [1.82, 2.24) is 0 Å². The van der Waals surface area contributed by atoms with E-state index in [-0.39, 0.29) is 11.3 Å². The molecule has 0 unspecified atom stereocenters. The number of rotatable bonds is 2. The number of halogens is 2. The van der Waals surface area contributed by atoms with Crippen molar-refractivity contribution in [3.8, 4) is 5.75 Å². The number of aromatic hydroxyl groups is 1. The summed E-state index contributed by atoms with van der Waals surface area (Å²) in [5.41, 5.74) is 1.08. The van der Waals surface area contributed by atoms with E-state index in [1.54, 1.807) is 25.1 Å². The van der Waals surface area contributed by atoms with Crippen molar-refractivity contribution in [2.75, 3.05) is 5.32 Å². The molecular formula is C14H11BrFNO2. The maximum absolute atomic E-state index is 13.6. The maximum atomic E-state index is 13.6. The molecule has 98 valence electrons. The third-order valence-electron chi connectivity index (χ3n) is 2.64. The van der Waals surface area contributed by atoms with Crippen molar-refractivity contribution < 1.29 is 14.3 Å². The maximum Gasteiger partial charge on any atom is 0.259 e. The highest BCUT2D eigenvalue weighted by molar-refractivity contribution is 9.10. The van der Waals surface area contributed by atoms with Crippen LogP contribution in [0.3, 0.4) is 0 Å². The van der Waals surface area contributed by atoms with Crippen LogP contribution in [-0.2, 0) is 0 Å². The highest BCUT2D eigenvalue weighted by Gasteiger charge is 2.15.